The second-order valence-corrected chi connectivity index (χ2v) is 20.0. The molecule has 0 bridgehead atoms. The van der Waals surface area contributed by atoms with Crippen LogP contribution < -0.4 is 5.32 Å². The second kappa shape index (κ2) is 55.7. The predicted molar refractivity (Wildman–Crippen MR) is 287 cm³/mol. The maximum atomic E-state index is 12.4. The van der Waals surface area contributed by atoms with Gasteiger partial charge in [0.2, 0.25) is 5.91 Å². The molecule has 0 fully saturated rings. The van der Waals surface area contributed by atoms with Gasteiger partial charge in [0.25, 0.3) is 0 Å². The Morgan fingerprint density at radius 1 is 0.424 bits per heavy atom. The Morgan fingerprint density at radius 3 is 1.18 bits per heavy atom. The fourth-order valence-corrected chi connectivity index (χ4v) is 8.92. The summed E-state index contributed by atoms with van der Waals surface area (Å²) in [5, 5.41) is 23.0. The minimum absolute atomic E-state index is 0.0137. The molecule has 6 nitrogen and oxygen atoms in total. The Kier molecular flexibility index (Phi) is 54.1. The molecule has 0 heterocycles. The maximum Gasteiger partial charge on any atom is 0.305 e. The summed E-state index contributed by atoms with van der Waals surface area (Å²) in [6.07, 6.45) is 69.0. The third-order valence-corrected chi connectivity index (χ3v) is 13.4. The van der Waals surface area contributed by atoms with Gasteiger partial charge in [-0.1, -0.05) is 281 Å². The van der Waals surface area contributed by atoms with Gasteiger partial charge in [0.05, 0.1) is 25.4 Å². The van der Waals surface area contributed by atoms with Crippen molar-refractivity contribution in [3.63, 3.8) is 0 Å². The molecule has 1 amide bonds. The number of amides is 1. The molecule has 0 radical (unpaired) electrons. The van der Waals surface area contributed by atoms with Crippen LogP contribution in [0.3, 0.4) is 0 Å². The van der Waals surface area contributed by atoms with Crippen LogP contribution in [0.25, 0.3) is 0 Å². The van der Waals surface area contributed by atoms with Crippen LogP contribution >= 0.6 is 0 Å². The summed E-state index contributed by atoms with van der Waals surface area (Å²) in [6, 6.07) is -0.672. The van der Waals surface area contributed by atoms with E-state index in [1.165, 1.54) is 225 Å². The lowest BCUT2D eigenvalue weighted by Gasteiger charge is -2.19. The first-order valence-electron chi connectivity index (χ1n) is 29.3. The largest absolute Gasteiger partial charge is 0.466 e. The van der Waals surface area contributed by atoms with Gasteiger partial charge in [-0.2, -0.15) is 0 Å². The van der Waals surface area contributed by atoms with Crippen LogP contribution in [0.1, 0.15) is 309 Å². The summed E-state index contributed by atoms with van der Waals surface area (Å²) in [4.78, 5) is 24.5. The highest BCUT2D eigenvalue weighted by Gasteiger charge is 2.17. The molecule has 66 heavy (non-hydrogen) atoms. The SMILES string of the molecule is CCCCCCCCCCCCCCCCC/C=C/C(O)C(CO)NC(=O)CC/C=C\C/C=C\CCCCCCCCOC(=O)CCCCCCCCCCCCCCCCCCCCC. The fourth-order valence-electron chi connectivity index (χ4n) is 8.92. The van der Waals surface area contributed by atoms with Crippen molar-refractivity contribution < 1.29 is 24.5 Å². The highest BCUT2D eigenvalue weighted by atomic mass is 16.5. The van der Waals surface area contributed by atoms with Crippen molar-refractivity contribution in [2.45, 2.75) is 321 Å². The summed E-state index contributed by atoms with van der Waals surface area (Å²) < 4.78 is 5.48. The van der Waals surface area contributed by atoms with Crippen molar-refractivity contribution in [1.29, 1.82) is 0 Å². The van der Waals surface area contributed by atoms with E-state index in [9.17, 15) is 19.8 Å². The highest BCUT2D eigenvalue weighted by Crippen LogP contribution is 2.17. The summed E-state index contributed by atoms with van der Waals surface area (Å²) in [5.74, 6) is -0.161. The minimum Gasteiger partial charge on any atom is -0.466 e. The number of unbranched alkanes of at least 4 members (excludes halogenated alkanes) is 39. The average molecular weight is 929 g/mol. The molecule has 0 aromatic carbocycles. The number of hydrogen-bond acceptors (Lipinski definition) is 5. The number of aliphatic hydroxyl groups is 2. The molecule has 0 saturated carbocycles. The number of esters is 1. The van der Waals surface area contributed by atoms with E-state index in [-0.39, 0.29) is 18.5 Å². The lowest BCUT2D eigenvalue weighted by atomic mass is 10.0. The van der Waals surface area contributed by atoms with Crippen LogP contribution in [0, 0.1) is 0 Å². The second-order valence-electron chi connectivity index (χ2n) is 20.0. The number of rotatable bonds is 54. The molecule has 0 aliphatic rings. The molecular weight excluding hydrogens is 815 g/mol. The molecule has 0 aromatic rings. The standard InChI is InChI=1S/C60H113NO5/c1-3-5-7-9-11-13-15-17-19-21-22-24-26-30-34-38-42-46-50-54-60(65)66-55-51-47-43-39-35-31-27-29-33-37-41-45-49-53-59(64)61-57(56-62)58(63)52-48-44-40-36-32-28-25-23-20-18-16-14-12-10-8-6-4-2/h29,33,41,45,48,52,57-58,62-63H,3-28,30-32,34-40,42-44,46-47,49-51,53-56H2,1-2H3,(H,61,64)/b33-29-,45-41-,52-48+. The number of hydrogen-bond donors (Lipinski definition) is 3. The molecule has 388 valence electrons. The van der Waals surface area contributed by atoms with E-state index in [0.717, 1.165) is 51.4 Å². The zero-order valence-corrected chi connectivity index (χ0v) is 44.2. The smallest absolute Gasteiger partial charge is 0.305 e. The van der Waals surface area contributed by atoms with Gasteiger partial charge < -0.3 is 20.3 Å². The third kappa shape index (κ3) is 51.5. The third-order valence-electron chi connectivity index (χ3n) is 13.4. The lowest BCUT2D eigenvalue weighted by molar-refractivity contribution is -0.143. The first-order valence-corrected chi connectivity index (χ1v) is 29.3. The van der Waals surface area contributed by atoms with Crippen LogP contribution in [0.15, 0.2) is 36.5 Å². The highest BCUT2D eigenvalue weighted by molar-refractivity contribution is 5.76. The molecule has 0 saturated heterocycles. The Bertz CT molecular complexity index is 1070. The van der Waals surface area contributed by atoms with Crippen molar-refractivity contribution in [3.05, 3.63) is 36.5 Å². The molecule has 0 spiro atoms. The number of ether oxygens (including phenoxy) is 1. The van der Waals surface area contributed by atoms with Crippen molar-refractivity contribution in [3.8, 4) is 0 Å². The van der Waals surface area contributed by atoms with Crippen molar-refractivity contribution >= 4 is 11.9 Å². The average Bonchev–Trinajstić information content (AvgIpc) is 3.32. The molecule has 0 aliphatic heterocycles. The Morgan fingerprint density at radius 2 is 0.773 bits per heavy atom. The normalized spacial score (nSPS) is 12.8. The van der Waals surface area contributed by atoms with Gasteiger partial charge in [0.15, 0.2) is 0 Å². The van der Waals surface area contributed by atoms with Gasteiger partial charge in [0, 0.05) is 12.8 Å². The number of carbonyl (C=O) groups excluding carboxylic acids is 2. The van der Waals surface area contributed by atoms with Gasteiger partial charge in [-0.3, -0.25) is 9.59 Å². The van der Waals surface area contributed by atoms with E-state index >= 15 is 0 Å². The topological polar surface area (TPSA) is 95.9 Å². The van der Waals surface area contributed by atoms with Crippen molar-refractivity contribution in [1.82, 2.24) is 5.32 Å². The molecule has 0 rings (SSSR count). The van der Waals surface area contributed by atoms with Crippen LogP contribution in [-0.4, -0.2) is 47.4 Å². The van der Waals surface area contributed by atoms with E-state index in [0.29, 0.717) is 25.9 Å². The molecule has 6 heteroatoms. The van der Waals surface area contributed by atoms with Crippen LogP contribution in [-0.2, 0) is 14.3 Å². The summed E-state index contributed by atoms with van der Waals surface area (Å²) in [7, 11) is 0. The van der Waals surface area contributed by atoms with E-state index < -0.39 is 12.1 Å². The van der Waals surface area contributed by atoms with Gasteiger partial charge in [-0.25, -0.2) is 0 Å². The first-order chi connectivity index (χ1) is 32.5. The summed E-state index contributed by atoms with van der Waals surface area (Å²) >= 11 is 0. The van der Waals surface area contributed by atoms with Gasteiger partial charge in [0.1, 0.15) is 0 Å². The minimum atomic E-state index is -0.879. The number of carbonyl (C=O) groups is 2. The van der Waals surface area contributed by atoms with Crippen LogP contribution in [0.2, 0.25) is 0 Å². The van der Waals surface area contributed by atoms with E-state index in [4.69, 9.17) is 4.74 Å². The Balaban J connectivity index is 3.54. The van der Waals surface area contributed by atoms with Gasteiger partial charge in [-0.15, -0.1) is 0 Å². The Hall–Kier alpha value is -1.92. The summed E-state index contributed by atoms with van der Waals surface area (Å²) in [5.41, 5.74) is 0. The maximum absolute atomic E-state index is 12.4. The number of allylic oxidation sites excluding steroid dienone is 5. The molecule has 2 atom stereocenters. The van der Waals surface area contributed by atoms with Crippen molar-refractivity contribution in [2.75, 3.05) is 13.2 Å². The van der Waals surface area contributed by atoms with Crippen LogP contribution in [0.5, 0.6) is 0 Å². The fraction of sp³-hybridized carbons (Fsp3) is 0.867. The molecule has 2 unspecified atom stereocenters. The zero-order valence-electron chi connectivity index (χ0n) is 44.2. The number of aliphatic hydroxyl groups excluding tert-OH is 2. The van der Waals surface area contributed by atoms with E-state index in [1.807, 2.05) is 12.2 Å². The quantitative estimate of drug-likeness (QED) is 0.0321. The van der Waals surface area contributed by atoms with E-state index in [1.54, 1.807) is 6.08 Å². The number of nitrogens with one attached hydrogen (secondary N) is 1. The lowest BCUT2D eigenvalue weighted by Crippen LogP contribution is -2.45. The van der Waals surface area contributed by atoms with E-state index in [2.05, 4.69) is 37.4 Å². The van der Waals surface area contributed by atoms with Crippen molar-refractivity contribution in [2.24, 2.45) is 0 Å². The van der Waals surface area contributed by atoms with Gasteiger partial charge >= 0.3 is 5.97 Å². The zero-order chi connectivity index (χ0) is 47.9. The van der Waals surface area contributed by atoms with Crippen LogP contribution in [0.4, 0.5) is 0 Å². The Labute approximate surface area is 411 Å². The first kappa shape index (κ1) is 64.1. The molecule has 3 N–H and O–H groups in total. The summed E-state index contributed by atoms with van der Waals surface area (Å²) in [6.45, 7) is 4.86. The van der Waals surface area contributed by atoms with Gasteiger partial charge in [-0.05, 0) is 51.4 Å². The monoisotopic (exact) mass is 928 g/mol. The molecule has 0 aromatic heterocycles. The predicted octanol–water partition coefficient (Wildman–Crippen LogP) is 18.0. The molecular formula is C60H113NO5. The molecule has 0 aliphatic carbocycles.